The monoisotopic (exact) mass is 234 g/mol. The van der Waals surface area contributed by atoms with Crippen LogP contribution < -0.4 is 0 Å². The normalized spacial score (nSPS) is 12.3. The second kappa shape index (κ2) is 4.78. The summed E-state index contributed by atoms with van der Waals surface area (Å²) in [7, 11) is 0. The summed E-state index contributed by atoms with van der Waals surface area (Å²) >= 11 is 0. The smallest absolute Gasteiger partial charge is 0.312 e. The first kappa shape index (κ1) is 11.3. The van der Waals surface area contributed by atoms with E-state index in [1.807, 2.05) is 0 Å². The third-order valence-electron chi connectivity index (χ3n) is 2.50. The number of rotatable bonds is 4. The van der Waals surface area contributed by atoms with Gasteiger partial charge in [0.2, 0.25) is 0 Å². The number of carboxylic acids is 1. The molecule has 4 nitrogen and oxygen atoms in total. The zero-order valence-corrected chi connectivity index (χ0v) is 8.95. The highest BCUT2D eigenvalue weighted by Crippen LogP contribution is 2.18. The molecule has 1 N–H and O–H groups in total. The number of carbonyl (C=O) groups is 1. The van der Waals surface area contributed by atoms with Crippen LogP contribution in [0.4, 0.5) is 4.39 Å². The van der Waals surface area contributed by atoms with Gasteiger partial charge in [-0.1, -0.05) is 12.1 Å². The van der Waals surface area contributed by atoms with Crippen molar-refractivity contribution < 1.29 is 14.3 Å². The Kier molecular flexibility index (Phi) is 3.18. The van der Waals surface area contributed by atoms with Crippen molar-refractivity contribution in [3.63, 3.8) is 0 Å². The average molecular weight is 234 g/mol. The fraction of sp³-hybridized carbons (Fsp3) is 0.167. The molecule has 0 spiro atoms. The number of aliphatic carboxylic acids is 1. The highest BCUT2D eigenvalue weighted by Gasteiger charge is 2.20. The van der Waals surface area contributed by atoms with Crippen molar-refractivity contribution in [2.75, 3.05) is 0 Å². The van der Waals surface area contributed by atoms with Crippen molar-refractivity contribution in [1.82, 2.24) is 9.78 Å². The number of nitrogens with zero attached hydrogens (tertiary/aromatic N) is 2. The molecule has 0 aliphatic rings. The Balaban J connectivity index is 2.23. The van der Waals surface area contributed by atoms with Crippen molar-refractivity contribution in [2.24, 2.45) is 0 Å². The maximum atomic E-state index is 12.8. The third kappa shape index (κ3) is 2.69. The van der Waals surface area contributed by atoms with Gasteiger partial charge in [-0.2, -0.15) is 5.10 Å². The predicted octanol–water partition coefficient (Wildman–Crippen LogP) is 1.89. The fourth-order valence-electron chi connectivity index (χ4n) is 1.62. The molecule has 0 amide bonds. The molecule has 0 saturated carbocycles. The second-order valence-electron chi connectivity index (χ2n) is 3.67. The minimum Gasteiger partial charge on any atom is -0.481 e. The SMILES string of the molecule is O=C(O)C(Cn1cccn1)c1ccc(F)cc1. The molecule has 88 valence electrons. The van der Waals surface area contributed by atoms with Crippen molar-refractivity contribution in [2.45, 2.75) is 12.5 Å². The summed E-state index contributed by atoms with van der Waals surface area (Å²) in [6.07, 6.45) is 3.28. The summed E-state index contributed by atoms with van der Waals surface area (Å²) in [4.78, 5) is 11.2. The summed E-state index contributed by atoms with van der Waals surface area (Å²) in [6.45, 7) is 0.230. The number of benzene rings is 1. The van der Waals surface area contributed by atoms with Gasteiger partial charge in [-0.25, -0.2) is 4.39 Å². The van der Waals surface area contributed by atoms with Crippen LogP contribution in [-0.2, 0) is 11.3 Å². The number of hydrogen-bond acceptors (Lipinski definition) is 2. The molecule has 0 radical (unpaired) electrons. The van der Waals surface area contributed by atoms with Crippen molar-refractivity contribution in [3.05, 3.63) is 54.1 Å². The van der Waals surface area contributed by atoms with E-state index in [0.29, 0.717) is 5.56 Å². The van der Waals surface area contributed by atoms with Gasteiger partial charge in [-0.05, 0) is 23.8 Å². The minimum absolute atomic E-state index is 0.230. The zero-order valence-electron chi connectivity index (χ0n) is 8.95. The molecular weight excluding hydrogens is 223 g/mol. The molecule has 17 heavy (non-hydrogen) atoms. The van der Waals surface area contributed by atoms with Crippen LogP contribution in [0, 0.1) is 5.82 Å². The largest absolute Gasteiger partial charge is 0.481 e. The fourth-order valence-corrected chi connectivity index (χ4v) is 1.62. The molecule has 1 heterocycles. The van der Waals surface area contributed by atoms with E-state index in [-0.39, 0.29) is 12.4 Å². The molecule has 0 saturated heterocycles. The Morgan fingerprint density at radius 2 is 2.12 bits per heavy atom. The van der Waals surface area contributed by atoms with E-state index in [0.717, 1.165) is 0 Å². The van der Waals surface area contributed by atoms with Gasteiger partial charge >= 0.3 is 5.97 Å². The lowest BCUT2D eigenvalue weighted by molar-refractivity contribution is -0.139. The van der Waals surface area contributed by atoms with E-state index in [1.165, 1.54) is 24.3 Å². The van der Waals surface area contributed by atoms with Crippen molar-refractivity contribution >= 4 is 5.97 Å². The van der Waals surface area contributed by atoms with E-state index < -0.39 is 11.9 Å². The van der Waals surface area contributed by atoms with Crippen molar-refractivity contribution in [3.8, 4) is 0 Å². The van der Waals surface area contributed by atoms with Crippen LogP contribution in [0.3, 0.4) is 0 Å². The van der Waals surface area contributed by atoms with Gasteiger partial charge in [-0.15, -0.1) is 0 Å². The minimum atomic E-state index is -0.952. The van der Waals surface area contributed by atoms with E-state index >= 15 is 0 Å². The predicted molar refractivity (Wildman–Crippen MR) is 59.0 cm³/mol. The molecule has 0 bridgehead atoms. The Labute approximate surface area is 97.3 Å². The van der Waals surface area contributed by atoms with E-state index in [9.17, 15) is 9.18 Å². The maximum Gasteiger partial charge on any atom is 0.312 e. The summed E-state index contributed by atoms with van der Waals surface area (Å²) in [5, 5.41) is 13.1. The summed E-state index contributed by atoms with van der Waals surface area (Å²) in [6, 6.07) is 7.21. The first-order valence-corrected chi connectivity index (χ1v) is 5.12. The van der Waals surface area contributed by atoms with Crippen molar-refractivity contribution in [1.29, 1.82) is 0 Å². The van der Waals surface area contributed by atoms with Crippen LogP contribution in [0.2, 0.25) is 0 Å². The number of carboxylic acid groups (broad SMARTS) is 1. The highest BCUT2D eigenvalue weighted by atomic mass is 19.1. The number of aromatic nitrogens is 2. The molecule has 1 unspecified atom stereocenters. The first-order chi connectivity index (χ1) is 8.16. The Morgan fingerprint density at radius 1 is 1.41 bits per heavy atom. The van der Waals surface area contributed by atoms with Crippen LogP contribution in [0.25, 0.3) is 0 Å². The first-order valence-electron chi connectivity index (χ1n) is 5.12. The summed E-state index contributed by atoms with van der Waals surface area (Å²) < 4.78 is 14.3. The van der Waals surface area contributed by atoms with Gasteiger partial charge in [0.1, 0.15) is 11.7 Å². The van der Waals surface area contributed by atoms with E-state index in [2.05, 4.69) is 5.10 Å². The zero-order chi connectivity index (χ0) is 12.3. The average Bonchev–Trinajstić information content (AvgIpc) is 2.80. The lowest BCUT2D eigenvalue weighted by atomic mass is 9.99. The molecule has 0 fully saturated rings. The second-order valence-corrected chi connectivity index (χ2v) is 3.67. The van der Waals surface area contributed by atoms with Gasteiger partial charge in [0, 0.05) is 12.4 Å². The Bertz CT molecular complexity index is 494. The van der Waals surface area contributed by atoms with Gasteiger partial charge in [0.05, 0.1) is 6.54 Å². The summed E-state index contributed by atoms with van der Waals surface area (Å²) in [5.74, 6) is -2.06. The van der Waals surface area contributed by atoms with Gasteiger partial charge in [0.25, 0.3) is 0 Å². The quantitative estimate of drug-likeness (QED) is 0.878. The molecule has 0 aliphatic heterocycles. The lowest BCUT2D eigenvalue weighted by Crippen LogP contribution is -2.18. The van der Waals surface area contributed by atoms with Gasteiger partial charge < -0.3 is 5.11 Å². The lowest BCUT2D eigenvalue weighted by Gasteiger charge is -2.12. The molecule has 2 aromatic rings. The topological polar surface area (TPSA) is 55.1 Å². The maximum absolute atomic E-state index is 12.8. The van der Waals surface area contributed by atoms with Crippen LogP contribution in [0.15, 0.2) is 42.7 Å². The van der Waals surface area contributed by atoms with Gasteiger partial charge in [0.15, 0.2) is 0 Å². The standard InChI is InChI=1S/C12H11FN2O2/c13-10-4-2-9(3-5-10)11(12(16)17)8-15-7-1-6-14-15/h1-7,11H,8H2,(H,16,17). The molecule has 5 heteroatoms. The third-order valence-corrected chi connectivity index (χ3v) is 2.50. The molecular formula is C12H11FN2O2. The molecule has 1 aromatic heterocycles. The molecule has 1 atom stereocenters. The summed E-state index contributed by atoms with van der Waals surface area (Å²) in [5.41, 5.74) is 0.564. The Morgan fingerprint density at radius 3 is 2.65 bits per heavy atom. The van der Waals surface area contributed by atoms with Crippen LogP contribution >= 0.6 is 0 Å². The van der Waals surface area contributed by atoms with Crippen LogP contribution in [0.5, 0.6) is 0 Å². The Hall–Kier alpha value is -2.17. The highest BCUT2D eigenvalue weighted by molar-refractivity contribution is 5.75. The van der Waals surface area contributed by atoms with E-state index in [4.69, 9.17) is 5.11 Å². The van der Waals surface area contributed by atoms with Crippen LogP contribution in [0.1, 0.15) is 11.5 Å². The molecule has 1 aromatic carbocycles. The number of halogens is 1. The van der Waals surface area contributed by atoms with Gasteiger partial charge in [-0.3, -0.25) is 9.48 Å². The molecule has 2 rings (SSSR count). The van der Waals surface area contributed by atoms with E-state index in [1.54, 1.807) is 23.1 Å². The molecule has 0 aliphatic carbocycles. The number of hydrogen-bond donors (Lipinski definition) is 1. The van der Waals surface area contributed by atoms with Crippen LogP contribution in [-0.4, -0.2) is 20.9 Å².